The molecular formula is C11H9ClN4O3. The summed E-state index contributed by atoms with van der Waals surface area (Å²) in [6.07, 6.45) is 1.67. The Balaban J connectivity index is 2.24. The number of anilines is 1. The zero-order valence-corrected chi connectivity index (χ0v) is 10.6. The molecule has 19 heavy (non-hydrogen) atoms. The summed E-state index contributed by atoms with van der Waals surface area (Å²) in [7, 11) is 1.71. The molecule has 1 aromatic heterocycles. The molecule has 1 amide bonds. The number of halogens is 1. The van der Waals surface area contributed by atoms with Gasteiger partial charge in [0, 0.05) is 30.9 Å². The van der Waals surface area contributed by atoms with Gasteiger partial charge in [0.1, 0.15) is 5.02 Å². The molecule has 0 fully saturated rings. The van der Waals surface area contributed by atoms with Crippen LogP contribution in [-0.4, -0.2) is 20.6 Å². The molecule has 0 bridgehead atoms. The Bertz CT molecular complexity index is 653. The fourth-order valence-corrected chi connectivity index (χ4v) is 1.65. The highest BCUT2D eigenvalue weighted by atomic mass is 35.5. The van der Waals surface area contributed by atoms with Crippen molar-refractivity contribution >= 4 is 29.0 Å². The molecule has 1 N–H and O–H groups in total. The molecule has 1 aromatic carbocycles. The van der Waals surface area contributed by atoms with Crippen molar-refractivity contribution in [2.75, 3.05) is 5.32 Å². The Morgan fingerprint density at radius 3 is 2.79 bits per heavy atom. The number of hydrogen-bond acceptors (Lipinski definition) is 4. The summed E-state index contributed by atoms with van der Waals surface area (Å²) in [5.41, 5.74) is -0.169. The van der Waals surface area contributed by atoms with Gasteiger partial charge in [0.15, 0.2) is 5.82 Å². The quantitative estimate of drug-likeness (QED) is 0.689. The summed E-state index contributed by atoms with van der Waals surface area (Å²) in [4.78, 5) is 22.0. The van der Waals surface area contributed by atoms with E-state index in [1.54, 1.807) is 19.3 Å². The second-order valence-corrected chi connectivity index (χ2v) is 4.16. The second-order valence-electron chi connectivity index (χ2n) is 3.75. The summed E-state index contributed by atoms with van der Waals surface area (Å²) in [5.74, 6) is -0.122. The van der Waals surface area contributed by atoms with E-state index in [2.05, 4.69) is 10.4 Å². The van der Waals surface area contributed by atoms with Gasteiger partial charge in [0.05, 0.1) is 4.92 Å². The Kier molecular flexibility index (Phi) is 3.48. The summed E-state index contributed by atoms with van der Waals surface area (Å²) < 4.78 is 1.53. The lowest BCUT2D eigenvalue weighted by Crippen LogP contribution is -2.12. The summed E-state index contributed by atoms with van der Waals surface area (Å²) in [5, 5.41) is 17.2. The number of nitrogens with zero attached hydrogens (tertiary/aromatic N) is 3. The monoisotopic (exact) mass is 280 g/mol. The molecule has 8 heteroatoms. The van der Waals surface area contributed by atoms with Crippen molar-refractivity contribution in [3.63, 3.8) is 0 Å². The van der Waals surface area contributed by atoms with Gasteiger partial charge in [-0.25, -0.2) is 0 Å². The van der Waals surface area contributed by atoms with Gasteiger partial charge in [-0.1, -0.05) is 11.6 Å². The molecule has 2 rings (SSSR count). The molecule has 0 aliphatic heterocycles. The minimum absolute atomic E-state index is 0.0145. The number of amides is 1. The van der Waals surface area contributed by atoms with Crippen LogP contribution in [0.3, 0.4) is 0 Å². The van der Waals surface area contributed by atoms with Crippen LogP contribution in [0.5, 0.6) is 0 Å². The summed E-state index contributed by atoms with van der Waals surface area (Å²) >= 11 is 5.67. The number of nitro benzene ring substituents is 1. The van der Waals surface area contributed by atoms with Crippen LogP contribution in [0.25, 0.3) is 0 Å². The first-order valence-corrected chi connectivity index (χ1v) is 5.60. The maximum Gasteiger partial charge on any atom is 0.288 e. The maximum atomic E-state index is 11.9. The Labute approximate surface area is 112 Å². The summed E-state index contributed by atoms with van der Waals surface area (Å²) in [6.45, 7) is 0. The zero-order valence-electron chi connectivity index (χ0n) is 9.83. The molecule has 0 aliphatic rings. The van der Waals surface area contributed by atoms with E-state index in [0.29, 0.717) is 5.82 Å². The lowest BCUT2D eigenvalue weighted by molar-refractivity contribution is -0.384. The highest BCUT2D eigenvalue weighted by Crippen LogP contribution is 2.25. The van der Waals surface area contributed by atoms with Gasteiger partial charge in [-0.15, -0.1) is 0 Å². The van der Waals surface area contributed by atoms with E-state index in [0.717, 1.165) is 6.07 Å². The number of benzene rings is 1. The second kappa shape index (κ2) is 5.07. The van der Waals surface area contributed by atoms with Crippen molar-refractivity contribution in [1.82, 2.24) is 9.78 Å². The molecule has 98 valence electrons. The van der Waals surface area contributed by atoms with Crippen molar-refractivity contribution < 1.29 is 9.72 Å². The number of rotatable bonds is 3. The maximum absolute atomic E-state index is 11.9. The summed E-state index contributed by atoms with van der Waals surface area (Å²) in [6, 6.07) is 5.46. The van der Waals surface area contributed by atoms with Gasteiger partial charge in [-0.05, 0) is 12.1 Å². The molecule has 0 spiro atoms. The Morgan fingerprint density at radius 2 is 2.21 bits per heavy atom. The Hall–Kier alpha value is -2.41. The van der Waals surface area contributed by atoms with Crippen LogP contribution < -0.4 is 5.32 Å². The van der Waals surface area contributed by atoms with E-state index in [1.165, 1.54) is 16.8 Å². The highest BCUT2D eigenvalue weighted by Gasteiger charge is 2.16. The van der Waals surface area contributed by atoms with Crippen molar-refractivity contribution in [3.8, 4) is 0 Å². The van der Waals surface area contributed by atoms with E-state index in [-0.39, 0.29) is 16.3 Å². The molecule has 0 radical (unpaired) electrons. The number of nitrogens with one attached hydrogen (secondary N) is 1. The van der Waals surface area contributed by atoms with Gasteiger partial charge in [-0.2, -0.15) is 5.10 Å². The predicted octanol–water partition coefficient (Wildman–Crippen LogP) is 2.23. The highest BCUT2D eigenvalue weighted by molar-refractivity contribution is 6.32. The minimum Gasteiger partial charge on any atom is -0.305 e. The SMILES string of the molecule is Cn1ccc(NC(=O)c2ccc(Cl)c([N+](=O)[O-])c2)n1. The number of aromatic nitrogens is 2. The first kappa shape index (κ1) is 13.0. The van der Waals surface area contributed by atoms with Crippen LogP contribution in [-0.2, 0) is 7.05 Å². The Morgan fingerprint density at radius 1 is 1.47 bits per heavy atom. The van der Waals surface area contributed by atoms with Crippen molar-refractivity contribution in [2.24, 2.45) is 7.05 Å². The average molecular weight is 281 g/mol. The van der Waals surface area contributed by atoms with Crippen LogP contribution in [0.2, 0.25) is 5.02 Å². The molecule has 0 aliphatic carbocycles. The third kappa shape index (κ3) is 2.89. The number of carbonyl (C=O) groups is 1. The smallest absolute Gasteiger partial charge is 0.288 e. The van der Waals surface area contributed by atoms with Gasteiger partial charge in [-0.3, -0.25) is 19.6 Å². The lowest BCUT2D eigenvalue weighted by Gasteiger charge is -2.02. The standard InChI is InChI=1S/C11H9ClN4O3/c1-15-5-4-10(14-15)13-11(17)7-2-3-8(12)9(6-7)16(18)19/h2-6H,1H3,(H,13,14,17). The molecule has 0 saturated carbocycles. The first-order chi connectivity index (χ1) is 8.97. The van der Waals surface area contributed by atoms with Gasteiger partial charge >= 0.3 is 0 Å². The lowest BCUT2D eigenvalue weighted by atomic mass is 10.2. The van der Waals surface area contributed by atoms with E-state index < -0.39 is 10.8 Å². The van der Waals surface area contributed by atoms with Crippen LogP contribution in [0, 0.1) is 10.1 Å². The average Bonchev–Trinajstić information content (AvgIpc) is 2.74. The first-order valence-electron chi connectivity index (χ1n) is 5.22. The van der Waals surface area contributed by atoms with Crippen LogP contribution in [0.4, 0.5) is 11.5 Å². The van der Waals surface area contributed by atoms with Crippen molar-refractivity contribution in [3.05, 3.63) is 51.2 Å². The van der Waals surface area contributed by atoms with Gasteiger partial charge in [0.2, 0.25) is 0 Å². The predicted molar refractivity (Wildman–Crippen MR) is 69.3 cm³/mol. The molecule has 0 unspecified atom stereocenters. The van der Waals surface area contributed by atoms with Crippen LogP contribution in [0.15, 0.2) is 30.5 Å². The molecule has 0 atom stereocenters. The largest absolute Gasteiger partial charge is 0.305 e. The van der Waals surface area contributed by atoms with E-state index in [9.17, 15) is 14.9 Å². The van der Waals surface area contributed by atoms with E-state index in [4.69, 9.17) is 11.6 Å². The number of hydrogen-bond donors (Lipinski definition) is 1. The molecular weight excluding hydrogens is 272 g/mol. The van der Waals surface area contributed by atoms with Crippen LogP contribution in [0.1, 0.15) is 10.4 Å². The third-order valence-electron chi connectivity index (χ3n) is 2.36. The molecule has 7 nitrogen and oxygen atoms in total. The zero-order chi connectivity index (χ0) is 14.0. The molecule has 2 aromatic rings. The number of carbonyl (C=O) groups excluding carboxylic acids is 1. The third-order valence-corrected chi connectivity index (χ3v) is 2.68. The normalized spacial score (nSPS) is 10.2. The van der Waals surface area contributed by atoms with Crippen molar-refractivity contribution in [1.29, 1.82) is 0 Å². The van der Waals surface area contributed by atoms with E-state index in [1.807, 2.05) is 0 Å². The molecule has 0 saturated heterocycles. The van der Waals surface area contributed by atoms with Crippen molar-refractivity contribution in [2.45, 2.75) is 0 Å². The minimum atomic E-state index is -0.639. The topological polar surface area (TPSA) is 90.1 Å². The number of nitro groups is 1. The fraction of sp³-hybridized carbons (Fsp3) is 0.0909. The van der Waals surface area contributed by atoms with Crippen LogP contribution >= 0.6 is 11.6 Å². The number of aryl methyl sites for hydroxylation is 1. The van der Waals surface area contributed by atoms with Gasteiger partial charge < -0.3 is 5.32 Å². The fourth-order valence-electron chi connectivity index (χ4n) is 1.46. The van der Waals surface area contributed by atoms with E-state index >= 15 is 0 Å². The molecule has 1 heterocycles. The van der Waals surface area contributed by atoms with Gasteiger partial charge in [0.25, 0.3) is 11.6 Å².